The van der Waals surface area contributed by atoms with Crippen molar-refractivity contribution in [2.45, 2.75) is 13.0 Å². The molecule has 0 radical (unpaired) electrons. The van der Waals surface area contributed by atoms with Crippen molar-refractivity contribution in [3.63, 3.8) is 0 Å². The SMILES string of the molecule is CC(C(=O)c1ccc(F)cc1)n1cc(Br)c([N+](=O)[O-])n1. The summed E-state index contributed by atoms with van der Waals surface area (Å²) < 4.78 is 14.2. The van der Waals surface area contributed by atoms with Gasteiger partial charge in [0.25, 0.3) is 0 Å². The van der Waals surface area contributed by atoms with E-state index in [1.54, 1.807) is 6.92 Å². The van der Waals surface area contributed by atoms with E-state index in [1.165, 1.54) is 35.1 Å². The van der Waals surface area contributed by atoms with Crippen LogP contribution in [0.2, 0.25) is 0 Å². The van der Waals surface area contributed by atoms with Crippen molar-refractivity contribution >= 4 is 27.5 Å². The summed E-state index contributed by atoms with van der Waals surface area (Å²) in [5, 5.41) is 14.5. The lowest BCUT2D eigenvalue weighted by atomic mass is 10.1. The van der Waals surface area contributed by atoms with E-state index < -0.39 is 16.8 Å². The van der Waals surface area contributed by atoms with Gasteiger partial charge < -0.3 is 10.1 Å². The Morgan fingerprint density at radius 2 is 2.05 bits per heavy atom. The highest BCUT2D eigenvalue weighted by molar-refractivity contribution is 9.10. The first-order valence-electron chi connectivity index (χ1n) is 5.59. The largest absolute Gasteiger partial charge is 0.404 e. The smallest absolute Gasteiger partial charge is 0.358 e. The van der Waals surface area contributed by atoms with Gasteiger partial charge in [-0.05, 0) is 52.0 Å². The van der Waals surface area contributed by atoms with E-state index >= 15 is 0 Å². The first-order chi connectivity index (χ1) is 9.40. The van der Waals surface area contributed by atoms with Crippen LogP contribution in [0.5, 0.6) is 0 Å². The Hall–Kier alpha value is -2.09. The number of carbonyl (C=O) groups excluding carboxylic acids is 1. The summed E-state index contributed by atoms with van der Waals surface area (Å²) in [5.41, 5.74) is 0.313. The maximum absolute atomic E-state index is 12.8. The van der Waals surface area contributed by atoms with Gasteiger partial charge in [0.1, 0.15) is 16.3 Å². The molecule has 6 nitrogen and oxygen atoms in total. The molecule has 0 saturated heterocycles. The molecule has 0 bridgehead atoms. The molecule has 1 atom stereocenters. The van der Waals surface area contributed by atoms with Crippen LogP contribution < -0.4 is 0 Å². The molecule has 0 aliphatic carbocycles. The molecule has 1 aromatic carbocycles. The Labute approximate surface area is 121 Å². The maximum atomic E-state index is 12.8. The number of hydrogen-bond donors (Lipinski definition) is 0. The minimum absolute atomic E-state index is 0.196. The van der Waals surface area contributed by atoms with Gasteiger partial charge in [-0.2, -0.15) is 4.68 Å². The number of nitro groups is 1. The van der Waals surface area contributed by atoms with E-state index in [0.29, 0.717) is 5.56 Å². The highest BCUT2D eigenvalue weighted by Gasteiger charge is 2.25. The molecule has 1 aromatic heterocycles. The molecule has 0 aliphatic heterocycles. The molecule has 0 saturated carbocycles. The van der Waals surface area contributed by atoms with Crippen molar-refractivity contribution in [1.82, 2.24) is 9.78 Å². The lowest BCUT2D eigenvalue weighted by Crippen LogP contribution is -2.17. The molecule has 8 heteroatoms. The Morgan fingerprint density at radius 1 is 1.45 bits per heavy atom. The Kier molecular flexibility index (Phi) is 3.93. The van der Waals surface area contributed by atoms with Gasteiger partial charge >= 0.3 is 5.82 Å². The van der Waals surface area contributed by atoms with Gasteiger partial charge in [-0.15, -0.1) is 0 Å². The number of hydrogen-bond acceptors (Lipinski definition) is 4. The first kappa shape index (κ1) is 14.3. The zero-order valence-corrected chi connectivity index (χ0v) is 11.9. The van der Waals surface area contributed by atoms with E-state index in [2.05, 4.69) is 21.0 Å². The monoisotopic (exact) mass is 341 g/mol. The third-order valence-corrected chi connectivity index (χ3v) is 3.31. The summed E-state index contributed by atoms with van der Waals surface area (Å²) in [6, 6.07) is 4.36. The predicted molar refractivity (Wildman–Crippen MR) is 72.0 cm³/mol. The lowest BCUT2D eigenvalue weighted by Gasteiger charge is -2.07. The molecule has 0 fully saturated rings. The van der Waals surface area contributed by atoms with Gasteiger partial charge in [-0.1, -0.05) is 0 Å². The van der Waals surface area contributed by atoms with Crippen LogP contribution in [0.3, 0.4) is 0 Å². The molecule has 2 rings (SSSR count). The van der Waals surface area contributed by atoms with Gasteiger partial charge in [0.15, 0.2) is 5.78 Å². The van der Waals surface area contributed by atoms with Gasteiger partial charge in [-0.3, -0.25) is 4.79 Å². The second-order valence-electron chi connectivity index (χ2n) is 4.08. The van der Waals surface area contributed by atoms with Crippen molar-refractivity contribution in [1.29, 1.82) is 0 Å². The highest BCUT2D eigenvalue weighted by atomic mass is 79.9. The molecule has 0 aliphatic rings. The molecule has 0 spiro atoms. The van der Waals surface area contributed by atoms with Gasteiger partial charge in [0.05, 0.1) is 11.3 Å². The predicted octanol–water partition coefficient (Wildman–Crippen LogP) is 3.14. The van der Waals surface area contributed by atoms with Crippen LogP contribution in [-0.2, 0) is 0 Å². The summed E-state index contributed by atoms with van der Waals surface area (Å²) in [5.74, 6) is -1.11. The molecule has 1 heterocycles. The fourth-order valence-electron chi connectivity index (χ4n) is 1.66. The van der Waals surface area contributed by atoms with Crippen LogP contribution >= 0.6 is 15.9 Å². The summed E-state index contributed by atoms with van der Waals surface area (Å²) >= 11 is 3.02. The summed E-state index contributed by atoms with van der Waals surface area (Å²) in [4.78, 5) is 22.2. The van der Waals surface area contributed by atoms with Crippen molar-refractivity contribution in [3.05, 3.63) is 56.4 Å². The van der Waals surface area contributed by atoms with Crippen LogP contribution in [-0.4, -0.2) is 20.5 Å². The van der Waals surface area contributed by atoms with E-state index in [9.17, 15) is 19.3 Å². The normalized spacial score (nSPS) is 12.2. The summed E-state index contributed by atoms with van der Waals surface area (Å²) in [6.45, 7) is 1.56. The Bertz CT molecular complexity index is 669. The number of nitrogens with zero attached hydrogens (tertiary/aromatic N) is 3. The van der Waals surface area contributed by atoms with Crippen molar-refractivity contribution < 1.29 is 14.1 Å². The van der Waals surface area contributed by atoms with E-state index in [0.717, 1.165) is 0 Å². The fraction of sp³-hybridized carbons (Fsp3) is 0.167. The Morgan fingerprint density at radius 3 is 2.55 bits per heavy atom. The second-order valence-corrected chi connectivity index (χ2v) is 4.94. The third kappa shape index (κ3) is 2.74. The number of rotatable bonds is 4. The molecule has 2 aromatic rings. The third-order valence-electron chi connectivity index (χ3n) is 2.75. The van der Waals surface area contributed by atoms with Crippen molar-refractivity contribution in [2.75, 3.05) is 0 Å². The van der Waals surface area contributed by atoms with E-state index in [1.807, 2.05) is 0 Å². The zero-order valence-electron chi connectivity index (χ0n) is 10.3. The van der Waals surface area contributed by atoms with Crippen molar-refractivity contribution in [2.24, 2.45) is 0 Å². The average molecular weight is 342 g/mol. The van der Waals surface area contributed by atoms with E-state index in [4.69, 9.17) is 0 Å². The molecular formula is C12H9BrFN3O3. The number of Topliss-reactive ketones (excluding diaryl/α,β-unsaturated/α-hetero) is 1. The minimum atomic E-state index is -0.731. The lowest BCUT2D eigenvalue weighted by molar-refractivity contribution is -0.390. The van der Waals surface area contributed by atoms with Crippen LogP contribution in [0.4, 0.5) is 10.2 Å². The molecule has 0 amide bonds. The number of halogens is 2. The summed E-state index contributed by atoms with van der Waals surface area (Å²) in [6.07, 6.45) is 1.37. The van der Waals surface area contributed by atoms with E-state index in [-0.39, 0.29) is 16.1 Å². The maximum Gasteiger partial charge on any atom is 0.404 e. The minimum Gasteiger partial charge on any atom is -0.358 e. The molecular weight excluding hydrogens is 333 g/mol. The first-order valence-corrected chi connectivity index (χ1v) is 6.38. The quantitative estimate of drug-likeness (QED) is 0.486. The number of carbonyl (C=O) groups is 1. The van der Waals surface area contributed by atoms with Gasteiger partial charge in [-0.25, -0.2) is 4.39 Å². The molecule has 0 N–H and O–H groups in total. The fourth-order valence-corrected chi connectivity index (χ4v) is 2.09. The molecule has 20 heavy (non-hydrogen) atoms. The second kappa shape index (κ2) is 5.49. The van der Waals surface area contributed by atoms with Crippen LogP contribution in [0.1, 0.15) is 23.3 Å². The summed E-state index contributed by atoms with van der Waals surface area (Å²) in [7, 11) is 0. The molecule has 104 valence electrons. The highest BCUT2D eigenvalue weighted by Crippen LogP contribution is 2.25. The van der Waals surface area contributed by atoms with Crippen LogP contribution in [0, 0.1) is 15.9 Å². The number of ketones is 1. The Balaban J connectivity index is 2.29. The topological polar surface area (TPSA) is 78.0 Å². The van der Waals surface area contributed by atoms with Crippen molar-refractivity contribution in [3.8, 4) is 0 Å². The van der Waals surface area contributed by atoms with Gasteiger partial charge in [0.2, 0.25) is 0 Å². The number of aromatic nitrogens is 2. The zero-order chi connectivity index (χ0) is 14.9. The standard InChI is InChI=1S/C12H9BrFN3O3/c1-7(11(18)8-2-4-9(14)5-3-8)16-6-10(13)12(15-16)17(19)20/h2-7H,1H3. The number of benzene rings is 1. The van der Waals surface area contributed by atoms with Crippen LogP contribution in [0.15, 0.2) is 34.9 Å². The van der Waals surface area contributed by atoms with Gasteiger partial charge in [0, 0.05) is 5.56 Å². The average Bonchev–Trinajstić information content (AvgIpc) is 2.80. The van der Waals surface area contributed by atoms with Crippen LogP contribution in [0.25, 0.3) is 0 Å². The molecule has 1 unspecified atom stereocenters.